The molecule has 1 atom stereocenters. The van der Waals surface area contributed by atoms with Gasteiger partial charge in [0.1, 0.15) is 0 Å². The van der Waals surface area contributed by atoms with E-state index in [1.54, 1.807) is 18.2 Å². The zero-order chi connectivity index (χ0) is 19.4. The third-order valence-electron chi connectivity index (χ3n) is 4.49. The lowest BCUT2D eigenvalue weighted by atomic mass is 9.87. The molecule has 0 radical (unpaired) electrons. The molecular weight excluding hydrogens is 344 g/mol. The van der Waals surface area contributed by atoms with Gasteiger partial charge in [-0.3, -0.25) is 0 Å². The molecule has 2 aromatic carbocycles. The highest BCUT2D eigenvalue weighted by molar-refractivity contribution is 5.89. The number of carbonyl (C=O) groups excluding carboxylic acids is 1. The number of aliphatic hydroxyl groups is 1. The molecule has 27 heavy (non-hydrogen) atoms. The van der Waals surface area contributed by atoms with E-state index in [0.717, 1.165) is 11.3 Å². The molecule has 0 saturated carbocycles. The average molecular weight is 370 g/mol. The van der Waals surface area contributed by atoms with Gasteiger partial charge in [-0.15, -0.1) is 0 Å². The second-order valence-corrected chi connectivity index (χ2v) is 7.63. The van der Waals surface area contributed by atoms with Crippen molar-refractivity contribution in [2.24, 2.45) is 0 Å². The molecule has 144 valence electrons. The summed E-state index contributed by atoms with van der Waals surface area (Å²) in [5.41, 5.74) is 2.75. The third kappa shape index (κ3) is 4.92. The van der Waals surface area contributed by atoms with Gasteiger partial charge in [0.05, 0.1) is 6.10 Å². The Kier molecular flexibility index (Phi) is 5.56. The van der Waals surface area contributed by atoms with Crippen LogP contribution in [0.25, 0.3) is 0 Å². The van der Waals surface area contributed by atoms with Crippen LogP contribution in [-0.2, 0) is 5.41 Å². The van der Waals surface area contributed by atoms with Crippen LogP contribution in [0.15, 0.2) is 42.5 Å². The van der Waals surface area contributed by atoms with Crippen LogP contribution in [0, 0.1) is 0 Å². The van der Waals surface area contributed by atoms with Crippen molar-refractivity contribution < 1.29 is 19.4 Å². The Labute approximate surface area is 159 Å². The molecule has 0 fully saturated rings. The van der Waals surface area contributed by atoms with Gasteiger partial charge in [-0.1, -0.05) is 39.0 Å². The monoisotopic (exact) mass is 370 g/mol. The van der Waals surface area contributed by atoms with Crippen LogP contribution >= 0.6 is 0 Å². The fourth-order valence-electron chi connectivity index (χ4n) is 2.84. The molecule has 1 heterocycles. The Bertz CT molecular complexity index is 797. The number of hydrogen-bond acceptors (Lipinski definition) is 4. The highest BCUT2D eigenvalue weighted by Gasteiger charge is 2.17. The van der Waals surface area contributed by atoms with Crippen molar-refractivity contribution in [3.05, 3.63) is 53.6 Å². The van der Waals surface area contributed by atoms with E-state index in [1.807, 2.05) is 24.3 Å². The molecule has 1 aliphatic heterocycles. The Balaban J connectivity index is 1.45. The molecule has 3 rings (SSSR count). The number of benzene rings is 2. The summed E-state index contributed by atoms with van der Waals surface area (Å²) in [6.45, 7) is 6.99. The lowest BCUT2D eigenvalue weighted by molar-refractivity contribution is 0.165. The summed E-state index contributed by atoms with van der Waals surface area (Å²) in [5, 5.41) is 15.9. The van der Waals surface area contributed by atoms with Crippen LogP contribution in [0.2, 0.25) is 0 Å². The highest BCUT2D eigenvalue weighted by atomic mass is 16.7. The van der Waals surface area contributed by atoms with E-state index in [9.17, 15) is 9.90 Å². The number of urea groups is 1. The number of hydrogen-bond donors (Lipinski definition) is 3. The van der Waals surface area contributed by atoms with E-state index in [4.69, 9.17) is 9.47 Å². The maximum atomic E-state index is 12.0. The molecule has 0 aliphatic carbocycles. The van der Waals surface area contributed by atoms with Crippen LogP contribution in [-0.4, -0.2) is 24.5 Å². The number of nitrogens with one attached hydrogen (secondary N) is 2. The molecule has 6 heteroatoms. The second kappa shape index (κ2) is 7.88. The Morgan fingerprint density at radius 3 is 2.52 bits per heavy atom. The number of fused-ring (bicyclic) bond motifs is 1. The van der Waals surface area contributed by atoms with Gasteiger partial charge >= 0.3 is 6.03 Å². The standard InChI is InChI=1S/C21H26N2O4/c1-21(2,3)15-5-7-16(8-6-15)23-20(25)22-11-10-17(24)14-4-9-18-19(12-14)27-13-26-18/h4-9,12,17,24H,10-11,13H2,1-3H3,(H2,22,23,25). The van der Waals surface area contributed by atoms with E-state index >= 15 is 0 Å². The van der Waals surface area contributed by atoms with E-state index in [0.29, 0.717) is 24.5 Å². The topological polar surface area (TPSA) is 79.8 Å². The minimum atomic E-state index is -0.689. The zero-order valence-electron chi connectivity index (χ0n) is 15.9. The number of aliphatic hydroxyl groups excluding tert-OH is 1. The number of anilines is 1. The van der Waals surface area contributed by atoms with E-state index in [-0.39, 0.29) is 18.2 Å². The van der Waals surface area contributed by atoms with E-state index in [1.165, 1.54) is 5.56 Å². The summed E-state index contributed by atoms with van der Waals surface area (Å²) in [6.07, 6.45) is -0.290. The molecule has 0 saturated heterocycles. The molecular formula is C21H26N2O4. The van der Waals surface area contributed by atoms with Gasteiger partial charge < -0.3 is 25.2 Å². The first kappa shape index (κ1) is 19.0. The minimum Gasteiger partial charge on any atom is -0.454 e. The quantitative estimate of drug-likeness (QED) is 0.744. The van der Waals surface area contributed by atoms with Gasteiger partial charge in [-0.2, -0.15) is 0 Å². The summed E-state index contributed by atoms with van der Waals surface area (Å²) >= 11 is 0. The smallest absolute Gasteiger partial charge is 0.319 e. The minimum absolute atomic E-state index is 0.0750. The van der Waals surface area contributed by atoms with Gasteiger partial charge in [0.2, 0.25) is 6.79 Å². The average Bonchev–Trinajstić information content (AvgIpc) is 3.09. The van der Waals surface area contributed by atoms with Crippen molar-refractivity contribution >= 4 is 11.7 Å². The molecule has 1 unspecified atom stereocenters. The molecule has 3 N–H and O–H groups in total. The maximum Gasteiger partial charge on any atom is 0.319 e. The highest BCUT2D eigenvalue weighted by Crippen LogP contribution is 2.34. The van der Waals surface area contributed by atoms with Gasteiger partial charge in [-0.05, 0) is 47.2 Å². The Morgan fingerprint density at radius 1 is 1.11 bits per heavy atom. The molecule has 0 aromatic heterocycles. The van der Waals surface area contributed by atoms with Crippen LogP contribution in [0.4, 0.5) is 10.5 Å². The Morgan fingerprint density at radius 2 is 1.81 bits per heavy atom. The fraction of sp³-hybridized carbons (Fsp3) is 0.381. The van der Waals surface area contributed by atoms with Crippen molar-refractivity contribution in [2.75, 3.05) is 18.7 Å². The number of rotatable bonds is 5. The van der Waals surface area contributed by atoms with Crippen molar-refractivity contribution in [3.8, 4) is 11.5 Å². The van der Waals surface area contributed by atoms with Crippen LogP contribution < -0.4 is 20.1 Å². The first-order valence-electron chi connectivity index (χ1n) is 9.06. The Hall–Kier alpha value is -2.73. The number of carbonyl (C=O) groups is 1. The summed E-state index contributed by atoms with van der Waals surface area (Å²) in [5.74, 6) is 1.32. The lowest BCUT2D eigenvalue weighted by Gasteiger charge is -2.19. The number of ether oxygens (including phenoxy) is 2. The first-order valence-corrected chi connectivity index (χ1v) is 9.06. The van der Waals surface area contributed by atoms with Crippen LogP contribution in [0.1, 0.15) is 44.4 Å². The van der Waals surface area contributed by atoms with Crippen molar-refractivity contribution in [1.29, 1.82) is 0 Å². The summed E-state index contributed by atoms with van der Waals surface area (Å²) in [4.78, 5) is 12.0. The second-order valence-electron chi connectivity index (χ2n) is 7.63. The number of amides is 2. The normalized spacial score (nSPS) is 13.9. The first-order chi connectivity index (χ1) is 12.8. The van der Waals surface area contributed by atoms with Crippen LogP contribution in [0.3, 0.4) is 0 Å². The maximum absolute atomic E-state index is 12.0. The summed E-state index contributed by atoms with van der Waals surface area (Å²) < 4.78 is 10.6. The third-order valence-corrected chi connectivity index (χ3v) is 4.49. The lowest BCUT2D eigenvalue weighted by Crippen LogP contribution is -2.30. The largest absolute Gasteiger partial charge is 0.454 e. The summed E-state index contributed by atoms with van der Waals surface area (Å²) in [7, 11) is 0. The predicted octanol–water partition coefficient (Wildman–Crippen LogP) is 3.96. The summed E-state index contributed by atoms with van der Waals surface area (Å²) in [6, 6.07) is 12.9. The SMILES string of the molecule is CC(C)(C)c1ccc(NC(=O)NCCC(O)c2ccc3c(c2)OCO3)cc1. The van der Waals surface area contributed by atoms with Gasteiger partial charge in [0, 0.05) is 12.2 Å². The molecule has 0 spiro atoms. The van der Waals surface area contributed by atoms with Crippen molar-refractivity contribution in [1.82, 2.24) is 5.32 Å². The van der Waals surface area contributed by atoms with Crippen molar-refractivity contribution in [3.63, 3.8) is 0 Å². The van der Waals surface area contributed by atoms with Crippen molar-refractivity contribution in [2.45, 2.75) is 38.7 Å². The van der Waals surface area contributed by atoms with Crippen LogP contribution in [0.5, 0.6) is 11.5 Å². The van der Waals surface area contributed by atoms with Gasteiger partial charge in [0.25, 0.3) is 0 Å². The molecule has 6 nitrogen and oxygen atoms in total. The zero-order valence-corrected chi connectivity index (χ0v) is 15.9. The van der Waals surface area contributed by atoms with Gasteiger partial charge in [0.15, 0.2) is 11.5 Å². The predicted molar refractivity (Wildman–Crippen MR) is 104 cm³/mol. The molecule has 1 aliphatic rings. The molecule has 2 amide bonds. The molecule has 0 bridgehead atoms. The molecule has 2 aromatic rings. The fourth-order valence-corrected chi connectivity index (χ4v) is 2.84. The van der Waals surface area contributed by atoms with E-state index < -0.39 is 6.10 Å². The van der Waals surface area contributed by atoms with Gasteiger partial charge in [-0.25, -0.2) is 4.79 Å². The van der Waals surface area contributed by atoms with E-state index in [2.05, 4.69) is 31.4 Å².